The molecule has 0 heterocycles. The van der Waals surface area contributed by atoms with Gasteiger partial charge in [-0.2, -0.15) is 0 Å². The lowest BCUT2D eigenvalue weighted by molar-refractivity contribution is -0.149. The Morgan fingerprint density at radius 2 is 1.67 bits per heavy atom. The summed E-state index contributed by atoms with van der Waals surface area (Å²) in [5, 5.41) is 12.8. The van der Waals surface area contributed by atoms with E-state index in [1.807, 2.05) is 6.07 Å². The Kier molecular flexibility index (Phi) is 5.52. The van der Waals surface area contributed by atoms with Crippen molar-refractivity contribution in [3.05, 3.63) is 35.9 Å². The predicted octanol–water partition coefficient (Wildman–Crippen LogP) is 4.07. The van der Waals surface area contributed by atoms with Crippen molar-refractivity contribution in [2.75, 3.05) is 0 Å². The van der Waals surface area contributed by atoms with Crippen LogP contribution in [0, 0.1) is 5.92 Å². The molecule has 1 aliphatic rings. The average Bonchev–Trinajstić information content (AvgIpc) is 2.52. The molecule has 1 aromatic rings. The zero-order chi connectivity index (χ0) is 17.8. The van der Waals surface area contributed by atoms with E-state index in [0.717, 1.165) is 32.1 Å². The van der Waals surface area contributed by atoms with Crippen molar-refractivity contribution in [1.82, 2.24) is 5.32 Å². The van der Waals surface area contributed by atoms with Crippen molar-refractivity contribution in [3.63, 3.8) is 0 Å². The number of carbonyl (C=O) groups excluding carboxylic acids is 1. The van der Waals surface area contributed by atoms with E-state index in [0.29, 0.717) is 5.56 Å². The minimum atomic E-state index is -1.45. The number of hydrogen-bond acceptors (Lipinski definition) is 3. The van der Waals surface area contributed by atoms with E-state index in [1.54, 1.807) is 45.0 Å². The Labute approximate surface area is 143 Å². The highest BCUT2D eigenvalue weighted by Gasteiger charge is 2.49. The lowest BCUT2D eigenvalue weighted by atomic mass is 9.71. The Balaban J connectivity index is 2.42. The lowest BCUT2D eigenvalue weighted by Crippen LogP contribution is -2.58. The molecule has 1 atom stereocenters. The van der Waals surface area contributed by atoms with Gasteiger partial charge in [0.05, 0.1) is 0 Å². The molecule has 132 valence electrons. The second kappa shape index (κ2) is 7.24. The highest BCUT2D eigenvalue weighted by atomic mass is 16.6. The number of benzene rings is 1. The number of alkyl carbamates (subject to hydrolysis) is 1. The number of amides is 1. The maximum Gasteiger partial charge on any atom is 0.408 e. The second-order valence-corrected chi connectivity index (χ2v) is 7.44. The van der Waals surface area contributed by atoms with Gasteiger partial charge >= 0.3 is 12.1 Å². The fourth-order valence-corrected chi connectivity index (χ4v) is 3.46. The first-order valence-corrected chi connectivity index (χ1v) is 8.56. The minimum absolute atomic E-state index is 0.154. The molecule has 0 bridgehead atoms. The molecule has 2 rings (SSSR count). The average molecular weight is 333 g/mol. The Hall–Kier alpha value is -2.04. The fourth-order valence-electron chi connectivity index (χ4n) is 3.46. The van der Waals surface area contributed by atoms with Crippen LogP contribution in [0.3, 0.4) is 0 Å². The van der Waals surface area contributed by atoms with Gasteiger partial charge < -0.3 is 15.2 Å². The van der Waals surface area contributed by atoms with E-state index in [2.05, 4.69) is 5.32 Å². The van der Waals surface area contributed by atoms with Crippen molar-refractivity contribution in [3.8, 4) is 0 Å². The standard InChI is InChI=1S/C19H27NO4/c1-18(2,3)24-17(23)20-19(16(21)22,14-10-6-4-7-11-14)15-12-8-5-9-13-15/h4,6-7,10-11,15H,5,8-9,12-13H2,1-3H3,(H,20,23)(H,21,22)/t19-/m1/s1. The second-order valence-electron chi connectivity index (χ2n) is 7.44. The molecule has 24 heavy (non-hydrogen) atoms. The zero-order valence-electron chi connectivity index (χ0n) is 14.7. The summed E-state index contributed by atoms with van der Waals surface area (Å²) >= 11 is 0. The van der Waals surface area contributed by atoms with Crippen molar-refractivity contribution in [1.29, 1.82) is 0 Å². The maximum atomic E-state index is 12.4. The Morgan fingerprint density at radius 1 is 1.08 bits per heavy atom. The first kappa shape index (κ1) is 18.3. The van der Waals surface area contributed by atoms with E-state index in [-0.39, 0.29) is 5.92 Å². The predicted molar refractivity (Wildman–Crippen MR) is 91.7 cm³/mol. The summed E-state index contributed by atoms with van der Waals surface area (Å²) in [6, 6.07) is 8.96. The monoisotopic (exact) mass is 333 g/mol. The highest BCUT2D eigenvalue weighted by Crippen LogP contribution is 2.40. The smallest absolute Gasteiger partial charge is 0.408 e. The molecule has 0 radical (unpaired) electrons. The van der Waals surface area contributed by atoms with E-state index < -0.39 is 23.2 Å². The number of aliphatic carboxylic acids is 1. The zero-order valence-corrected chi connectivity index (χ0v) is 14.7. The van der Waals surface area contributed by atoms with Gasteiger partial charge in [-0.25, -0.2) is 9.59 Å². The third kappa shape index (κ3) is 4.08. The Bertz CT molecular complexity index is 573. The molecule has 1 amide bonds. The molecule has 0 aromatic heterocycles. The minimum Gasteiger partial charge on any atom is -0.479 e. The van der Waals surface area contributed by atoms with Crippen LogP contribution in [-0.2, 0) is 15.1 Å². The number of nitrogens with one attached hydrogen (secondary N) is 1. The van der Waals surface area contributed by atoms with Gasteiger partial charge in [-0.3, -0.25) is 0 Å². The SMILES string of the molecule is CC(C)(C)OC(=O)N[C@](C(=O)O)(c1ccccc1)C1CCCCC1. The molecule has 5 heteroatoms. The van der Waals surface area contributed by atoms with Crippen LogP contribution in [0.2, 0.25) is 0 Å². The van der Waals surface area contributed by atoms with Crippen LogP contribution in [0.4, 0.5) is 4.79 Å². The summed E-state index contributed by atoms with van der Waals surface area (Å²) in [5.41, 5.74) is -1.54. The van der Waals surface area contributed by atoms with Crippen LogP contribution in [-0.4, -0.2) is 22.8 Å². The number of carboxylic acid groups (broad SMARTS) is 1. The van der Waals surface area contributed by atoms with E-state index in [9.17, 15) is 14.7 Å². The normalized spacial score (nSPS) is 18.5. The topological polar surface area (TPSA) is 75.6 Å². The number of ether oxygens (including phenoxy) is 1. The molecule has 1 fully saturated rings. The molecule has 1 aromatic carbocycles. The summed E-state index contributed by atoms with van der Waals surface area (Å²) in [4.78, 5) is 24.8. The van der Waals surface area contributed by atoms with E-state index >= 15 is 0 Å². The van der Waals surface area contributed by atoms with Crippen molar-refractivity contribution in [2.45, 2.75) is 64.0 Å². The van der Waals surface area contributed by atoms with Gasteiger partial charge in [0.1, 0.15) is 5.60 Å². The van der Waals surface area contributed by atoms with Crippen molar-refractivity contribution >= 4 is 12.1 Å². The summed E-state index contributed by atoms with van der Waals surface area (Å²) in [7, 11) is 0. The molecule has 5 nitrogen and oxygen atoms in total. The molecule has 1 saturated carbocycles. The number of carbonyl (C=O) groups is 2. The molecule has 0 aliphatic heterocycles. The fraction of sp³-hybridized carbons (Fsp3) is 0.579. The maximum absolute atomic E-state index is 12.4. The summed E-state index contributed by atoms with van der Waals surface area (Å²) in [5.74, 6) is -1.19. The van der Waals surface area contributed by atoms with Crippen LogP contribution in [0.1, 0.15) is 58.4 Å². The quantitative estimate of drug-likeness (QED) is 0.871. The first-order chi connectivity index (χ1) is 11.3. The molecular formula is C19H27NO4. The molecule has 2 N–H and O–H groups in total. The van der Waals surface area contributed by atoms with Crippen molar-refractivity contribution < 1.29 is 19.4 Å². The van der Waals surface area contributed by atoms with Crippen molar-refractivity contribution in [2.24, 2.45) is 5.92 Å². The van der Waals surface area contributed by atoms with Crippen LogP contribution >= 0.6 is 0 Å². The highest BCUT2D eigenvalue weighted by molar-refractivity contribution is 5.86. The molecular weight excluding hydrogens is 306 g/mol. The van der Waals surface area contributed by atoms with Crippen LogP contribution in [0.15, 0.2) is 30.3 Å². The van der Waals surface area contributed by atoms with Gasteiger partial charge in [-0.15, -0.1) is 0 Å². The van der Waals surface area contributed by atoms with Crippen LogP contribution < -0.4 is 5.32 Å². The summed E-state index contributed by atoms with van der Waals surface area (Å²) in [6.45, 7) is 5.29. The first-order valence-electron chi connectivity index (χ1n) is 8.56. The van der Waals surface area contributed by atoms with Gasteiger partial charge in [-0.05, 0) is 45.1 Å². The number of carboxylic acids is 1. The van der Waals surface area contributed by atoms with Gasteiger partial charge in [0.25, 0.3) is 0 Å². The van der Waals surface area contributed by atoms with Gasteiger partial charge in [0.15, 0.2) is 5.54 Å². The van der Waals surface area contributed by atoms with E-state index in [4.69, 9.17) is 4.74 Å². The largest absolute Gasteiger partial charge is 0.479 e. The third-order valence-electron chi connectivity index (χ3n) is 4.48. The van der Waals surface area contributed by atoms with Gasteiger partial charge in [0, 0.05) is 0 Å². The lowest BCUT2D eigenvalue weighted by Gasteiger charge is -2.40. The number of rotatable bonds is 4. The van der Waals surface area contributed by atoms with Gasteiger partial charge in [0.2, 0.25) is 0 Å². The van der Waals surface area contributed by atoms with Crippen LogP contribution in [0.5, 0.6) is 0 Å². The molecule has 0 saturated heterocycles. The molecule has 0 unspecified atom stereocenters. The third-order valence-corrected chi connectivity index (χ3v) is 4.48. The summed E-state index contributed by atoms with van der Waals surface area (Å²) < 4.78 is 5.34. The Morgan fingerprint density at radius 3 is 2.17 bits per heavy atom. The molecule has 1 aliphatic carbocycles. The van der Waals surface area contributed by atoms with Gasteiger partial charge in [-0.1, -0.05) is 49.6 Å². The van der Waals surface area contributed by atoms with E-state index in [1.165, 1.54) is 0 Å². The molecule has 0 spiro atoms. The van der Waals surface area contributed by atoms with Crippen LogP contribution in [0.25, 0.3) is 0 Å². The number of hydrogen-bond donors (Lipinski definition) is 2. The summed E-state index contributed by atoms with van der Waals surface area (Å²) in [6.07, 6.45) is 3.91.